The van der Waals surface area contributed by atoms with Gasteiger partial charge in [0.1, 0.15) is 29.4 Å². The summed E-state index contributed by atoms with van der Waals surface area (Å²) in [6.45, 7) is 1.87. The molecule has 3 aromatic carbocycles. The van der Waals surface area contributed by atoms with Crippen LogP contribution in [0, 0.1) is 29.6 Å². The summed E-state index contributed by atoms with van der Waals surface area (Å²) >= 11 is 6.02. The maximum Gasteiger partial charge on any atom is 0.269 e. The summed E-state index contributed by atoms with van der Waals surface area (Å²) in [5.74, 6) is 0.517. The summed E-state index contributed by atoms with van der Waals surface area (Å²) in [6, 6.07) is 24.5. The van der Waals surface area contributed by atoms with Gasteiger partial charge >= 0.3 is 0 Å². The molecule has 0 saturated heterocycles. The minimum atomic E-state index is -3.93. The first-order valence-electron chi connectivity index (χ1n) is 18.7. The predicted octanol–water partition coefficient (Wildman–Crippen LogP) is 5.69. The van der Waals surface area contributed by atoms with Crippen LogP contribution in [0.15, 0.2) is 90.1 Å². The van der Waals surface area contributed by atoms with Gasteiger partial charge in [-0.25, -0.2) is 12.4 Å². The van der Waals surface area contributed by atoms with Crippen LogP contribution in [0.2, 0.25) is 5.28 Å². The molecule has 0 aliphatic heterocycles. The van der Waals surface area contributed by atoms with Gasteiger partial charge in [0.25, 0.3) is 10.0 Å². The second kappa shape index (κ2) is 17.2. The van der Waals surface area contributed by atoms with Crippen LogP contribution in [0.4, 0.5) is 29.0 Å². The van der Waals surface area contributed by atoms with Crippen molar-refractivity contribution < 1.29 is 18.0 Å². The number of primary amides is 2. The standard InChI is InChI=1S/C17H14ClN5O2S.C17H15N7O.C7H8N2O/c1-10-2-6-13(7-3-10)26(24,25)23-9-11(8-19)14-15(20-12-4-5-12)21-17(18)22-16(14)23;18-7-10-8-20-15-13(10)16(21-11-5-6-11)24-17(23-15)22-12-3-1-9(2-4-12)14(19)25;8-6-3-1-5(2-4-6)7(9)10/h2-3,6-7,9,12H,4-5H2,1H3,(H,20,21,22);1-4,8,11H,5-6H2,(H2,19,25)(H3,20,21,22,23,24);1-4H,8H2,(H2,9,10). The van der Waals surface area contributed by atoms with E-state index in [4.69, 9.17) is 28.8 Å². The molecule has 2 saturated carbocycles. The number of aromatic amines is 1. The van der Waals surface area contributed by atoms with E-state index in [1.54, 1.807) is 66.9 Å². The van der Waals surface area contributed by atoms with Crippen molar-refractivity contribution in [1.29, 1.82) is 10.5 Å². The molecule has 2 amide bonds. The molecule has 7 aromatic rings. The molecule has 4 aromatic heterocycles. The van der Waals surface area contributed by atoms with Gasteiger partial charge in [0.2, 0.25) is 23.0 Å². The first kappa shape index (κ1) is 41.4. The summed E-state index contributed by atoms with van der Waals surface area (Å²) < 4.78 is 27.1. The number of aromatic nitrogens is 6. The summed E-state index contributed by atoms with van der Waals surface area (Å²) in [7, 11) is -3.93. The molecule has 18 nitrogen and oxygen atoms in total. The first-order chi connectivity index (χ1) is 29.2. The average Bonchev–Trinajstić information content (AvgIpc) is 4.16. The third kappa shape index (κ3) is 9.60. The minimum absolute atomic E-state index is 0.0800. The monoisotopic (exact) mass is 856 g/mol. The fourth-order valence-corrected chi connectivity index (χ4v) is 7.36. The largest absolute Gasteiger partial charge is 0.399 e. The van der Waals surface area contributed by atoms with Gasteiger partial charge in [-0.3, -0.25) is 9.59 Å². The number of nitrogens with one attached hydrogen (secondary N) is 4. The number of carbonyl (C=O) groups is 2. The van der Waals surface area contributed by atoms with Gasteiger partial charge in [0, 0.05) is 47.0 Å². The Kier molecular flexibility index (Phi) is 11.7. The van der Waals surface area contributed by atoms with Crippen molar-refractivity contribution in [2.24, 2.45) is 11.5 Å². The van der Waals surface area contributed by atoms with Crippen molar-refractivity contribution in [3.8, 4) is 12.1 Å². The second-order valence-electron chi connectivity index (χ2n) is 14.1. The van der Waals surface area contributed by atoms with Gasteiger partial charge in [0.05, 0.1) is 26.8 Å². The topological polar surface area (TPSA) is 302 Å². The smallest absolute Gasteiger partial charge is 0.269 e. The van der Waals surface area contributed by atoms with Crippen LogP contribution in [0.3, 0.4) is 0 Å². The molecule has 61 heavy (non-hydrogen) atoms. The summed E-state index contributed by atoms with van der Waals surface area (Å²) in [5.41, 5.74) is 20.2. The van der Waals surface area contributed by atoms with E-state index in [9.17, 15) is 28.5 Å². The van der Waals surface area contributed by atoms with E-state index >= 15 is 0 Å². The van der Waals surface area contributed by atoms with Crippen LogP contribution in [0.1, 0.15) is 63.1 Å². The average molecular weight is 857 g/mol. The van der Waals surface area contributed by atoms with Crippen molar-refractivity contribution in [1.82, 2.24) is 28.9 Å². The van der Waals surface area contributed by atoms with Crippen LogP contribution in [-0.4, -0.2) is 61.2 Å². The summed E-state index contributed by atoms with van der Waals surface area (Å²) in [4.78, 5) is 41.9. The number of hydrogen-bond acceptors (Lipinski definition) is 14. The van der Waals surface area contributed by atoms with Crippen molar-refractivity contribution in [3.05, 3.63) is 118 Å². The zero-order valence-corrected chi connectivity index (χ0v) is 33.9. The molecule has 0 radical (unpaired) electrons. The summed E-state index contributed by atoms with van der Waals surface area (Å²) in [6.07, 6.45) is 7.07. The zero-order valence-electron chi connectivity index (χ0n) is 32.3. The van der Waals surface area contributed by atoms with Gasteiger partial charge in [-0.1, -0.05) is 17.7 Å². The van der Waals surface area contributed by atoms with Crippen molar-refractivity contribution in [2.45, 2.75) is 49.6 Å². The molecule has 2 aliphatic carbocycles. The minimum Gasteiger partial charge on any atom is -0.399 e. The van der Waals surface area contributed by atoms with E-state index in [-0.39, 0.29) is 27.4 Å². The van der Waals surface area contributed by atoms with E-state index < -0.39 is 21.8 Å². The Balaban J connectivity index is 0.000000151. The number of carbonyl (C=O) groups excluding carboxylic acids is 2. The maximum atomic E-state index is 13.1. The van der Waals surface area contributed by atoms with E-state index in [0.29, 0.717) is 62.4 Å². The Morgan fingerprint density at radius 3 is 1.89 bits per heavy atom. The number of nitrogen functional groups attached to an aromatic ring is 1. The highest BCUT2D eigenvalue weighted by atomic mass is 35.5. The number of hydrogen-bond donors (Lipinski definition) is 7. The van der Waals surface area contributed by atoms with Crippen LogP contribution < -0.4 is 33.2 Å². The number of aryl methyl sites for hydroxylation is 1. The lowest BCUT2D eigenvalue weighted by Gasteiger charge is -2.10. The van der Waals surface area contributed by atoms with E-state index in [2.05, 4.69) is 46.9 Å². The molecular formula is C41H37ClN14O4S. The fourth-order valence-electron chi connectivity index (χ4n) is 5.89. The highest BCUT2D eigenvalue weighted by Gasteiger charge is 2.28. The van der Waals surface area contributed by atoms with Crippen LogP contribution in [0.25, 0.3) is 22.1 Å². The number of nitriles is 2. The third-order valence-corrected chi connectivity index (χ3v) is 11.2. The molecule has 20 heteroatoms. The number of nitrogens with zero attached hydrogens (tertiary/aromatic N) is 7. The van der Waals surface area contributed by atoms with Crippen LogP contribution in [0.5, 0.6) is 0 Å². The Hall–Kier alpha value is -7.74. The Morgan fingerprint density at radius 2 is 1.34 bits per heavy atom. The van der Waals surface area contributed by atoms with Crippen LogP contribution >= 0.6 is 11.6 Å². The summed E-state index contributed by atoms with van der Waals surface area (Å²) in [5, 5.41) is 29.4. The van der Waals surface area contributed by atoms with Gasteiger partial charge in [-0.05, 0) is 105 Å². The number of benzene rings is 3. The molecule has 0 bridgehead atoms. The lowest BCUT2D eigenvalue weighted by molar-refractivity contribution is 0.0992. The first-order valence-corrected chi connectivity index (χ1v) is 20.5. The highest BCUT2D eigenvalue weighted by Crippen LogP contribution is 2.34. The fraction of sp³-hybridized carbons (Fsp3) is 0.171. The van der Waals surface area contributed by atoms with E-state index in [1.165, 1.54) is 18.3 Å². The number of rotatable bonds is 10. The lowest BCUT2D eigenvalue weighted by Crippen LogP contribution is -2.13. The Bertz CT molecular complexity index is 2980. The van der Waals surface area contributed by atoms with Crippen molar-refractivity contribution in [2.75, 3.05) is 21.7 Å². The number of H-pyrrole nitrogens is 1. The number of anilines is 5. The molecule has 10 N–H and O–H groups in total. The molecule has 4 heterocycles. The zero-order chi connectivity index (χ0) is 43.4. The SMILES string of the molecule is Cc1ccc(S(=O)(=O)n2cc(C#N)c3c(NC4CC4)nc(Cl)nc32)cc1.N#Cc1c[nH]c2nc(Nc3ccc(C(N)=O)cc3)nc(NC3CC3)c12.NC(=O)c1ccc(N)cc1. The maximum absolute atomic E-state index is 13.1. The van der Waals surface area contributed by atoms with Crippen molar-refractivity contribution >= 4 is 84.5 Å². The van der Waals surface area contributed by atoms with Crippen LogP contribution in [-0.2, 0) is 10.0 Å². The quantitative estimate of drug-likeness (QED) is 0.0642. The molecule has 0 spiro atoms. The van der Waals surface area contributed by atoms with Crippen molar-refractivity contribution in [3.63, 3.8) is 0 Å². The molecule has 2 aliphatic rings. The highest BCUT2D eigenvalue weighted by molar-refractivity contribution is 7.90. The molecule has 2 fully saturated rings. The number of amides is 2. The molecule has 308 valence electrons. The number of nitrogens with two attached hydrogens (primary N) is 3. The molecular weight excluding hydrogens is 820 g/mol. The normalized spacial score (nSPS) is 13.1. The van der Waals surface area contributed by atoms with Gasteiger partial charge in [-0.15, -0.1) is 0 Å². The Labute approximate surface area is 353 Å². The Morgan fingerprint density at radius 1 is 0.787 bits per heavy atom. The third-order valence-electron chi connectivity index (χ3n) is 9.39. The van der Waals surface area contributed by atoms with Gasteiger partial charge in [-0.2, -0.15) is 30.5 Å². The molecule has 0 atom stereocenters. The second-order valence-corrected chi connectivity index (χ2v) is 16.3. The van der Waals surface area contributed by atoms with E-state index in [1.807, 2.05) is 13.0 Å². The molecule has 9 rings (SSSR count). The predicted molar refractivity (Wildman–Crippen MR) is 231 cm³/mol. The molecule has 0 unspecified atom stereocenters. The number of fused-ring (bicyclic) bond motifs is 2. The van der Waals surface area contributed by atoms with E-state index in [0.717, 1.165) is 40.9 Å². The lowest BCUT2D eigenvalue weighted by atomic mass is 10.2. The number of halogens is 1. The van der Waals surface area contributed by atoms with Gasteiger partial charge in [0.15, 0.2) is 5.65 Å². The van der Waals surface area contributed by atoms with Gasteiger partial charge < -0.3 is 38.1 Å².